The largest absolute Gasteiger partial charge is 0.465 e. The predicted molar refractivity (Wildman–Crippen MR) is 117 cm³/mol. The SMILES string of the molecule is CCOC(=O)c1ccc(NC(=O)/C(=C/c2ccco2)NC(=O)c2ccccc2Cl)cc1. The van der Waals surface area contributed by atoms with Crippen molar-refractivity contribution in [2.75, 3.05) is 11.9 Å². The summed E-state index contributed by atoms with van der Waals surface area (Å²) in [4.78, 5) is 37.3. The van der Waals surface area contributed by atoms with Crippen molar-refractivity contribution in [3.63, 3.8) is 0 Å². The Morgan fingerprint density at radius 3 is 2.42 bits per heavy atom. The number of furan rings is 1. The monoisotopic (exact) mass is 438 g/mol. The molecule has 0 saturated heterocycles. The van der Waals surface area contributed by atoms with Crippen molar-refractivity contribution in [1.82, 2.24) is 5.32 Å². The van der Waals surface area contributed by atoms with E-state index in [1.807, 2.05) is 0 Å². The molecule has 3 rings (SSSR count). The van der Waals surface area contributed by atoms with Gasteiger partial charge in [-0.15, -0.1) is 0 Å². The van der Waals surface area contributed by atoms with E-state index in [1.54, 1.807) is 55.5 Å². The molecule has 0 unspecified atom stereocenters. The predicted octanol–water partition coefficient (Wildman–Crippen LogP) is 4.52. The zero-order valence-electron chi connectivity index (χ0n) is 16.6. The van der Waals surface area contributed by atoms with Crippen LogP contribution >= 0.6 is 11.6 Å². The summed E-state index contributed by atoms with van der Waals surface area (Å²) in [5.41, 5.74) is 0.962. The van der Waals surface area contributed by atoms with E-state index in [0.717, 1.165) is 0 Å². The highest BCUT2D eigenvalue weighted by Crippen LogP contribution is 2.17. The number of nitrogens with one attached hydrogen (secondary N) is 2. The van der Waals surface area contributed by atoms with Crippen molar-refractivity contribution in [2.24, 2.45) is 0 Å². The number of carbonyl (C=O) groups is 3. The van der Waals surface area contributed by atoms with Crippen molar-refractivity contribution >= 4 is 41.1 Å². The second kappa shape index (κ2) is 10.3. The molecule has 0 spiro atoms. The third kappa shape index (κ3) is 5.83. The lowest BCUT2D eigenvalue weighted by molar-refractivity contribution is -0.113. The molecule has 7 nitrogen and oxygen atoms in total. The number of anilines is 1. The summed E-state index contributed by atoms with van der Waals surface area (Å²) in [7, 11) is 0. The standard InChI is InChI=1S/C23H19ClN2O5/c1-2-30-23(29)15-9-11-16(12-10-15)25-22(28)20(14-17-6-5-13-31-17)26-21(27)18-7-3-4-8-19(18)24/h3-14H,2H2,1H3,(H,25,28)(H,26,27)/b20-14-. The number of rotatable bonds is 7. The number of benzene rings is 2. The Morgan fingerprint density at radius 1 is 1.03 bits per heavy atom. The van der Waals surface area contributed by atoms with E-state index in [9.17, 15) is 14.4 Å². The maximum Gasteiger partial charge on any atom is 0.338 e. The van der Waals surface area contributed by atoms with E-state index in [0.29, 0.717) is 17.0 Å². The smallest absolute Gasteiger partial charge is 0.338 e. The molecule has 8 heteroatoms. The lowest BCUT2D eigenvalue weighted by atomic mass is 10.2. The van der Waals surface area contributed by atoms with Crippen LogP contribution in [-0.2, 0) is 9.53 Å². The molecule has 3 aromatic rings. The van der Waals surface area contributed by atoms with Gasteiger partial charge < -0.3 is 19.8 Å². The van der Waals surface area contributed by atoms with Gasteiger partial charge >= 0.3 is 5.97 Å². The minimum atomic E-state index is -0.583. The minimum Gasteiger partial charge on any atom is -0.465 e. The van der Waals surface area contributed by atoms with Crippen LogP contribution < -0.4 is 10.6 Å². The average Bonchev–Trinajstić information content (AvgIpc) is 3.27. The maximum absolute atomic E-state index is 12.9. The Kier molecular flexibility index (Phi) is 7.24. The fourth-order valence-electron chi connectivity index (χ4n) is 2.61. The van der Waals surface area contributed by atoms with Crippen LogP contribution in [0.3, 0.4) is 0 Å². The van der Waals surface area contributed by atoms with Crippen LogP contribution in [0.2, 0.25) is 5.02 Å². The Labute approximate surface area is 183 Å². The van der Waals surface area contributed by atoms with Gasteiger partial charge in [-0.1, -0.05) is 23.7 Å². The number of ether oxygens (including phenoxy) is 1. The first-order chi connectivity index (χ1) is 15.0. The molecule has 0 radical (unpaired) electrons. The summed E-state index contributed by atoms with van der Waals surface area (Å²) in [6.45, 7) is 1.99. The summed E-state index contributed by atoms with van der Waals surface area (Å²) < 4.78 is 10.2. The van der Waals surface area contributed by atoms with Gasteiger partial charge in [0.15, 0.2) is 0 Å². The van der Waals surface area contributed by atoms with Crippen molar-refractivity contribution in [3.05, 3.63) is 94.5 Å². The summed E-state index contributed by atoms with van der Waals surface area (Å²) in [5, 5.41) is 5.50. The quantitative estimate of drug-likeness (QED) is 0.417. The number of carbonyl (C=O) groups excluding carboxylic acids is 3. The van der Waals surface area contributed by atoms with Crippen LogP contribution in [-0.4, -0.2) is 24.4 Å². The highest BCUT2D eigenvalue weighted by Gasteiger charge is 2.17. The molecule has 1 heterocycles. The number of hydrogen-bond donors (Lipinski definition) is 2. The highest BCUT2D eigenvalue weighted by molar-refractivity contribution is 6.34. The zero-order valence-corrected chi connectivity index (χ0v) is 17.3. The van der Waals surface area contributed by atoms with Crippen LogP contribution in [0.5, 0.6) is 0 Å². The van der Waals surface area contributed by atoms with E-state index < -0.39 is 17.8 Å². The highest BCUT2D eigenvalue weighted by atomic mass is 35.5. The van der Waals surface area contributed by atoms with E-state index >= 15 is 0 Å². The lowest BCUT2D eigenvalue weighted by Gasteiger charge is -2.12. The third-order valence-corrected chi connectivity index (χ3v) is 4.42. The van der Waals surface area contributed by atoms with Gasteiger partial charge in [-0.2, -0.15) is 0 Å². The Balaban J connectivity index is 1.79. The molecule has 158 valence electrons. The van der Waals surface area contributed by atoms with Gasteiger partial charge in [-0.25, -0.2) is 4.79 Å². The van der Waals surface area contributed by atoms with E-state index in [2.05, 4.69) is 10.6 Å². The van der Waals surface area contributed by atoms with Gasteiger partial charge in [0.05, 0.1) is 29.0 Å². The fraction of sp³-hybridized carbons (Fsp3) is 0.0870. The molecule has 0 fully saturated rings. The van der Waals surface area contributed by atoms with Gasteiger partial charge in [-0.3, -0.25) is 9.59 Å². The van der Waals surface area contributed by atoms with Crippen LogP contribution in [0.25, 0.3) is 6.08 Å². The second-order valence-electron chi connectivity index (χ2n) is 6.26. The van der Waals surface area contributed by atoms with E-state index in [4.69, 9.17) is 20.8 Å². The van der Waals surface area contributed by atoms with Crippen LogP contribution in [0, 0.1) is 0 Å². The number of hydrogen-bond acceptors (Lipinski definition) is 5. The van der Waals surface area contributed by atoms with Gasteiger partial charge in [0, 0.05) is 11.8 Å². The number of halogens is 1. The molecule has 0 bridgehead atoms. The molecular weight excluding hydrogens is 420 g/mol. The van der Waals surface area contributed by atoms with E-state index in [1.165, 1.54) is 24.5 Å². The van der Waals surface area contributed by atoms with Gasteiger partial charge in [-0.05, 0) is 55.5 Å². The lowest BCUT2D eigenvalue weighted by Crippen LogP contribution is -2.30. The van der Waals surface area contributed by atoms with Crippen LogP contribution in [0.4, 0.5) is 5.69 Å². The average molecular weight is 439 g/mol. The van der Waals surface area contributed by atoms with Crippen molar-refractivity contribution in [2.45, 2.75) is 6.92 Å². The molecule has 2 aromatic carbocycles. The zero-order chi connectivity index (χ0) is 22.2. The number of esters is 1. The second-order valence-corrected chi connectivity index (χ2v) is 6.67. The summed E-state index contributed by atoms with van der Waals surface area (Å²) >= 11 is 6.08. The maximum atomic E-state index is 12.9. The Hall–Kier alpha value is -3.84. The first kappa shape index (κ1) is 21.9. The van der Waals surface area contributed by atoms with Crippen molar-refractivity contribution in [1.29, 1.82) is 0 Å². The van der Waals surface area contributed by atoms with Crippen LogP contribution in [0.15, 0.2) is 77.0 Å². The third-order valence-electron chi connectivity index (χ3n) is 4.09. The summed E-state index contributed by atoms with van der Waals surface area (Å²) in [6, 6.07) is 16.0. The topological polar surface area (TPSA) is 97.6 Å². The summed E-state index contributed by atoms with van der Waals surface area (Å²) in [5.74, 6) is -1.20. The van der Waals surface area contributed by atoms with Gasteiger partial charge in [0.2, 0.25) is 0 Å². The first-order valence-electron chi connectivity index (χ1n) is 9.37. The Morgan fingerprint density at radius 2 is 1.77 bits per heavy atom. The van der Waals surface area contributed by atoms with Gasteiger partial charge in [0.1, 0.15) is 11.5 Å². The molecule has 0 atom stereocenters. The molecule has 2 amide bonds. The molecule has 0 aliphatic carbocycles. The molecule has 0 aliphatic heterocycles. The molecular formula is C23H19ClN2O5. The van der Waals surface area contributed by atoms with E-state index in [-0.39, 0.29) is 22.9 Å². The first-order valence-corrected chi connectivity index (χ1v) is 9.75. The Bertz CT molecular complexity index is 1110. The molecule has 1 aromatic heterocycles. The van der Waals surface area contributed by atoms with Crippen molar-refractivity contribution in [3.8, 4) is 0 Å². The molecule has 2 N–H and O–H groups in total. The molecule has 0 aliphatic rings. The van der Waals surface area contributed by atoms with Crippen LogP contribution in [0.1, 0.15) is 33.4 Å². The minimum absolute atomic E-state index is 0.0469. The van der Waals surface area contributed by atoms with Crippen molar-refractivity contribution < 1.29 is 23.5 Å². The number of amides is 2. The molecule has 31 heavy (non-hydrogen) atoms. The summed E-state index contributed by atoms with van der Waals surface area (Å²) in [6.07, 6.45) is 2.85. The fourth-order valence-corrected chi connectivity index (χ4v) is 2.83. The van der Waals surface area contributed by atoms with Gasteiger partial charge in [0.25, 0.3) is 11.8 Å². The normalized spacial score (nSPS) is 11.0. The molecule has 0 saturated carbocycles.